The maximum absolute atomic E-state index is 12.6. The number of nitrogens with one attached hydrogen (secondary N) is 2. The van der Waals surface area contributed by atoms with Crippen molar-refractivity contribution < 1.29 is 4.79 Å². The fourth-order valence-corrected chi connectivity index (χ4v) is 5.11. The van der Waals surface area contributed by atoms with Gasteiger partial charge in [-0.2, -0.15) is 0 Å². The number of hydrogen-bond donors (Lipinski definition) is 2. The van der Waals surface area contributed by atoms with E-state index in [-0.39, 0.29) is 17.5 Å². The molecule has 0 heterocycles. The van der Waals surface area contributed by atoms with Gasteiger partial charge in [0.15, 0.2) is 0 Å². The van der Waals surface area contributed by atoms with Gasteiger partial charge in [0.2, 0.25) is 0 Å². The van der Waals surface area contributed by atoms with Crippen LogP contribution in [0.5, 0.6) is 0 Å². The minimum Gasteiger partial charge on any atom is -0.378 e. The molecular weight excluding hydrogens is 334 g/mol. The Labute approximate surface area is 165 Å². The molecule has 0 radical (unpaired) electrons. The molecule has 0 bridgehead atoms. The zero-order valence-electron chi connectivity index (χ0n) is 17.4. The molecule has 2 unspecified atom stereocenters. The van der Waals surface area contributed by atoms with Crippen LogP contribution >= 0.6 is 0 Å². The Kier molecular flexibility index (Phi) is 6.67. The van der Waals surface area contributed by atoms with Crippen LogP contribution < -0.4 is 15.5 Å². The van der Waals surface area contributed by atoms with Crippen molar-refractivity contribution >= 4 is 17.4 Å². The normalized spacial score (nSPS) is 26.4. The minimum atomic E-state index is -0.0608. The third-order valence-electron chi connectivity index (χ3n) is 6.76. The molecule has 2 fully saturated rings. The number of nitrogens with zero attached hydrogens (tertiary/aromatic N) is 1. The van der Waals surface area contributed by atoms with Crippen LogP contribution in [0.15, 0.2) is 24.3 Å². The molecule has 0 spiro atoms. The maximum Gasteiger partial charge on any atom is 0.319 e. The van der Waals surface area contributed by atoms with Crippen molar-refractivity contribution in [2.45, 2.75) is 77.2 Å². The molecule has 4 nitrogen and oxygen atoms in total. The second-order valence-corrected chi connectivity index (χ2v) is 9.20. The molecule has 2 amide bonds. The van der Waals surface area contributed by atoms with Crippen molar-refractivity contribution in [2.24, 2.45) is 11.3 Å². The first-order chi connectivity index (χ1) is 13.0. The number of anilines is 2. The summed E-state index contributed by atoms with van der Waals surface area (Å²) in [5, 5.41) is 6.35. The van der Waals surface area contributed by atoms with E-state index in [9.17, 15) is 4.79 Å². The summed E-state index contributed by atoms with van der Waals surface area (Å²) in [6.07, 6.45) is 13.1. The second kappa shape index (κ2) is 8.99. The van der Waals surface area contributed by atoms with Crippen LogP contribution in [0.1, 0.15) is 71.1 Å². The Hall–Kier alpha value is -1.71. The predicted octanol–water partition coefficient (Wildman–Crippen LogP) is 5.79. The van der Waals surface area contributed by atoms with Crippen LogP contribution in [0.4, 0.5) is 16.2 Å². The van der Waals surface area contributed by atoms with Gasteiger partial charge >= 0.3 is 6.03 Å². The predicted molar refractivity (Wildman–Crippen MR) is 114 cm³/mol. The highest BCUT2D eigenvalue weighted by atomic mass is 16.2. The summed E-state index contributed by atoms with van der Waals surface area (Å²) in [7, 11) is 4.04. The number of carbonyl (C=O) groups excluding carboxylic acids is 1. The molecule has 4 heteroatoms. The Balaban J connectivity index is 1.58. The lowest BCUT2D eigenvalue weighted by Crippen LogP contribution is -2.50. The Bertz CT molecular complexity index is 607. The molecule has 0 saturated heterocycles. The van der Waals surface area contributed by atoms with E-state index < -0.39 is 0 Å². The summed E-state index contributed by atoms with van der Waals surface area (Å²) in [6.45, 7) is 2.41. The average Bonchev–Trinajstić information content (AvgIpc) is 2.65. The van der Waals surface area contributed by atoms with Gasteiger partial charge in [-0.3, -0.25) is 0 Å². The highest BCUT2D eigenvalue weighted by Crippen LogP contribution is 2.44. The Morgan fingerprint density at radius 1 is 1.04 bits per heavy atom. The van der Waals surface area contributed by atoms with E-state index in [2.05, 4.69) is 22.5 Å². The molecule has 2 aliphatic rings. The van der Waals surface area contributed by atoms with Gasteiger partial charge in [0.1, 0.15) is 0 Å². The first kappa shape index (κ1) is 20.0. The van der Waals surface area contributed by atoms with E-state index in [0.29, 0.717) is 0 Å². The van der Waals surface area contributed by atoms with Crippen LogP contribution in [0.3, 0.4) is 0 Å². The standard InChI is InChI=1S/C23H37N3O/c1-23(17-18-9-5-4-6-10-18)16-8-7-11-21(23)25-22(27)24-19-12-14-20(15-13-19)26(2)3/h12-15,18,21H,4-11,16-17H2,1-3H3,(H2,24,25,27). The van der Waals surface area contributed by atoms with Gasteiger partial charge < -0.3 is 15.5 Å². The number of benzene rings is 1. The van der Waals surface area contributed by atoms with Crippen molar-refractivity contribution in [1.82, 2.24) is 5.32 Å². The maximum atomic E-state index is 12.6. The molecule has 1 aromatic carbocycles. The van der Waals surface area contributed by atoms with Gasteiger partial charge in [-0.15, -0.1) is 0 Å². The average molecular weight is 372 g/mol. The van der Waals surface area contributed by atoms with Crippen LogP contribution in [0.2, 0.25) is 0 Å². The van der Waals surface area contributed by atoms with E-state index in [1.807, 2.05) is 38.4 Å². The Morgan fingerprint density at radius 2 is 1.70 bits per heavy atom. The highest BCUT2D eigenvalue weighted by Gasteiger charge is 2.39. The summed E-state index contributed by atoms with van der Waals surface area (Å²) in [6, 6.07) is 8.23. The monoisotopic (exact) mass is 371 g/mol. The van der Waals surface area contributed by atoms with Crippen LogP contribution in [0.25, 0.3) is 0 Å². The summed E-state index contributed by atoms with van der Waals surface area (Å²) < 4.78 is 0. The second-order valence-electron chi connectivity index (χ2n) is 9.20. The quantitative estimate of drug-likeness (QED) is 0.687. The smallest absolute Gasteiger partial charge is 0.319 e. The first-order valence-corrected chi connectivity index (χ1v) is 10.8. The number of amides is 2. The summed E-state index contributed by atoms with van der Waals surface area (Å²) in [4.78, 5) is 14.7. The summed E-state index contributed by atoms with van der Waals surface area (Å²) >= 11 is 0. The number of carbonyl (C=O) groups is 1. The zero-order chi connectivity index (χ0) is 19.3. The van der Waals surface area contributed by atoms with Gasteiger partial charge in [0.25, 0.3) is 0 Å². The molecule has 1 aromatic rings. The fraction of sp³-hybridized carbons (Fsp3) is 0.696. The van der Waals surface area contributed by atoms with Crippen molar-refractivity contribution in [2.75, 3.05) is 24.3 Å². The summed E-state index contributed by atoms with van der Waals surface area (Å²) in [5.74, 6) is 0.854. The molecule has 2 aliphatic carbocycles. The molecule has 2 saturated carbocycles. The van der Waals surface area contributed by atoms with Crippen LogP contribution in [0, 0.1) is 11.3 Å². The lowest BCUT2D eigenvalue weighted by atomic mass is 9.65. The van der Waals surface area contributed by atoms with E-state index >= 15 is 0 Å². The molecule has 2 N–H and O–H groups in total. The largest absolute Gasteiger partial charge is 0.378 e. The van der Waals surface area contributed by atoms with Gasteiger partial charge in [-0.1, -0.05) is 51.9 Å². The molecule has 27 heavy (non-hydrogen) atoms. The van der Waals surface area contributed by atoms with Gasteiger partial charge in [-0.05, 0) is 54.9 Å². The molecular formula is C23H37N3O. The number of hydrogen-bond acceptors (Lipinski definition) is 2. The van der Waals surface area contributed by atoms with Gasteiger partial charge in [-0.25, -0.2) is 4.79 Å². The molecule has 3 rings (SSSR count). The third-order valence-corrected chi connectivity index (χ3v) is 6.76. The number of rotatable bonds is 5. The lowest BCUT2D eigenvalue weighted by molar-refractivity contribution is 0.103. The van der Waals surface area contributed by atoms with Crippen molar-refractivity contribution in [1.29, 1.82) is 0 Å². The van der Waals surface area contributed by atoms with E-state index in [1.54, 1.807) is 0 Å². The Morgan fingerprint density at radius 3 is 2.37 bits per heavy atom. The minimum absolute atomic E-state index is 0.0608. The van der Waals surface area contributed by atoms with Crippen molar-refractivity contribution in [3.63, 3.8) is 0 Å². The van der Waals surface area contributed by atoms with Crippen LogP contribution in [-0.4, -0.2) is 26.2 Å². The van der Waals surface area contributed by atoms with Gasteiger partial charge in [0, 0.05) is 31.5 Å². The van der Waals surface area contributed by atoms with E-state index in [1.165, 1.54) is 57.8 Å². The molecule has 0 aliphatic heterocycles. The highest BCUT2D eigenvalue weighted by molar-refractivity contribution is 5.89. The van der Waals surface area contributed by atoms with E-state index in [4.69, 9.17) is 0 Å². The van der Waals surface area contributed by atoms with Crippen molar-refractivity contribution in [3.05, 3.63) is 24.3 Å². The molecule has 2 atom stereocenters. The van der Waals surface area contributed by atoms with E-state index in [0.717, 1.165) is 23.7 Å². The van der Waals surface area contributed by atoms with Gasteiger partial charge in [0.05, 0.1) is 0 Å². The van der Waals surface area contributed by atoms with Crippen LogP contribution in [-0.2, 0) is 0 Å². The molecule has 0 aromatic heterocycles. The number of urea groups is 1. The zero-order valence-corrected chi connectivity index (χ0v) is 17.4. The first-order valence-electron chi connectivity index (χ1n) is 10.8. The topological polar surface area (TPSA) is 44.4 Å². The fourth-order valence-electron chi connectivity index (χ4n) is 5.11. The van der Waals surface area contributed by atoms with Crippen molar-refractivity contribution in [3.8, 4) is 0 Å². The third kappa shape index (κ3) is 5.40. The lowest BCUT2D eigenvalue weighted by Gasteiger charge is -2.44. The SMILES string of the molecule is CN(C)c1ccc(NC(=O)NC2CCCCC2(C)CC2CCCCC2)cc1. The molecule has 150 valence electrons. The summed E-state index contributed by atoms with van der Waals surface area (Å²) in [5.41, 5.74) is 2.23.